The van der Waals surface area contributed by atoms with Crippen molar-refractivity contribution in [1.82, 2.24) is 0 Å². The first-order valence-electron chi connectivity index (χ1n) is 5.01. The molecule has 0 aliphatic heterocycles. The van der Waals surface area contributed by atoms with E-state index in [1.165, 1.54) is 6.42 Å². The van der Waals surface area contributed by atoms with Crippen LogP contribution in [0.5, 0.6) is 0 Å². The number of alkyl halides is 2. The number of hydrogen-bond acceptors (Lipinski definition) is 1. The second-order valence-corrected chi connectivity index (χ2v) is 6.74. The Hall–Kier alpha value is 0.930. The zero-order valence-electron chi connectivity index (χ0n) is 8.30. The van der Waals surface area contributed by atoms with E-state index in [9.17, 15) is 0 Å². The molecule has 1 aliphatic carbocycles. The highest BCUT2D eigenvalue weighted by Gasteiger charge is 2.30. The fraction of sp³-hybridized carbons (Fsp3) is 1.00. The molecular weight excluding hydrogens is 223 g/mol. The molecule has 3 heteroatoms. The van der Waals surface area contributed by atoms with Gasteiger partial charge in [0.05, 0.1) is 0 Å². The fourth-order valence-corrected chi connectivity index (χ4v) is 3.87. The van der Waals surface area contributed by atoms with Gasteiger partial charge in [-0.15, -0.1) is 23.2 Å². The summed E-state index contributed by atoms with van der Waals surface area (Å²) >= 11 is 14.5. The molecule has 0 heterocycles. The molecule has 1 aliphatic rings. The highest BCUT2D eigenvalue weighted by Crippen LogP contribution is 2.35. The van der Waals surface area contributed by atoms with Gasteiger partial charge >= 0.3 is 0 Å². The molecule has 2 atom stereocenters. The lowest BCUT2D eigenvalue weighted by atomic mass is 9.90. The zero-order chi connectivity index (χ0) is 9.84. The van der Waals surface area contributed by atoms with Crippen LogP contribution in [0, 0.1) is 5.92 Å². The van der Waals surface area contributed by atoms with Gasteiger partial charge in [0.1, 0.15) is 0 Å². The number of rotatable bonds is 3. The molecular formula is C10H18Cl2S. The summed E-state index contributed by atoms with van der Waals surface area (Å²) < 4.78 is 0. The lowest BCUT2D eigenvalue weighted by molar-refractivity contribution is 0.405. The third kappa shape index (κ3) is 3.89. The maximum Gasteiger partial charge on any atom is 0.0386 e. The van der Waals surface area contributed by atoms with E-state index >= 15 is 0 Å². The monoisotopic (exact) mass is 240 g/mol. The van der Waals surface area contributed by atoms with E-state index in [0.717, 1.165) is 18.6 Å². The van der Waals surface area contributed by atoms with Crippen LogP contribution in [0.4, 0.5) is 0 Å². The number of thioether (sulfide) groups is 1. The van der Waals surface area contributed by atoms with E-state index in [1.807, 2.05) is 11.8 Å². The maximum atomic E-state index is 6.26. The summed E-state index contributed by atoms with van der Waals surface area (Å²) in [6.45, 7) is 4.44. The van der Waals surface area contributed by atoms with Crippen molar-refractivity contribution in [3.05, 3.63) is 0 Å². The van der Waals surface area contributed by atoms with Crippen molar-refractivity contribution in [2.45, 2.75) is 49.1 Å². The summed E-state index contributed by atoms with van der Waals surface area (Å²) in [4.78, 5) is 0. The standard InChI is InChI=1S/C10H18Cl2S/c1-7(2)13-6-8-9(11)4-3-5-10(8)12/h7-10H,3-6H2,1-2H3. The van der Waals surface area contributed by atoms with Crippen LogP contribution in [0.1, 0.15) is 33.1 Å². The molecule has 0 radical (unpaired) electrons. The Bertz CT molecular complexity index is 140. The van der Waals surface area contributed by atoms with Crippen molar-refractivity contribution in [3.63, 3.8) is 0 Å². The molecule has 1 rings (SSSR count). The quantitative estimate of drug-likeness (QED) is 0.669. The normalized spacial score (nSPS) is 35.3. The largest absolute Gasteiger partial charge is 0.159 e. The first-order chi connectivity index (χ1) is 6.11. The predicted molar refractivity (Wildman–Crippen MR) is 64.2 cm³/mol. The zero-order valence-corrected chi connectivity index (χ0v) is 10.6. The summed E-state index contributed by atoms with van der Waals surface area (Å²) in [6.07, 6.45) is 3.49. The molecule has 13 heavy (non-hydrogen) atoms. The number of halogens is 2. The highest BCUT2D eigenvalue weighted by molar-refractivity contribution is 7.99. The minimum atomic E-state index is 0.308. The first kappa shape index (κ1) is 12.0. The van der Waals surface area contributed by atoms with Gasteiger partial charge in [-0.3, -0.25) is 0 Å². The minimum Gasteiger partial charge on any atom is -0.159 e. The molecule has 0 saturated heterocycles. The summed E-state index contributed by atoms with van der Waals surface area (Å²) in [5.41, 5.74) is 0. The second kappa shape index (κ2) is 5.72. The Morgan fingerprint density at radius 3 is 2.23 bits per heavy atom. The molecule has 1 saturated carbocycles. The third-order valence-electron chi connectivity index (χ3n) is 2.51. The van der Waals surface area contributed by atoms with E-state index in [-0.39, 0.29) is 0 Å². The van der Waals surface area contributed by atoms with Gasteiger partial charge in [-0.2, -0.15) is 11.8 Å². The van der Waals surface area contributed by atoms with Crippen LogP contribution in [-0.4, -0.2) is 21.8 Å². The first-order valence-corrected chi connectivity index (χ1v) is 6.93. The van der Waals surface area contributed by atoms with Crippen LogP contribution in [0.2, 0.25) is 0 Å². The Morgan fingerprint density at radius 1 is 1.23 bits per heavy atom. The van der Waals surface area contributed by atoms with Crippen LogP contribution in [-0.2, 0) is 0 Å². The molecule has 0 aromatic carbocycles. The SMILES string of the molecule is CC(C)SCC1C(Cl)CCCC1Cl. The van der Waals surface area contributed by atoms with Crippen LogP contribution in [0.25, 0.3) is 0 Å². The van der Waals surface area contributed by atoms with Gasteiger partial charge < -0.3 is 0 Å². The minimum absolute atomic E-state index is 0.308. The highest BCUT2D eigenvalue weighted by atomic mass is 35.5. The Morgan fingerprint density at radius 2 is 1.77 bits per heavy atom. The van der Waals surface area contributed by atoms with Crippen molar-refractivity contribution < 1.29 is 0 Å². The molecule has 0 aromatic heterocycles. The van der Waals surface area contributed by atoms with Gasteiger partial charge in [-0.05, 0) is 23.8 Å². The van der Waals surface area contributed by atoms with Crippen molar-refractivity contribution in [1.29, 1.82) is 0 Å². The Labute approximate surface area is 95.7 Å². The van der Waals surface area contributed by atoms with Crippen LogP contribution in [0.3, 0.4) is 0 Å². The van der Waals surface area contributed by atoms with Gasteiger partial charge in [-0.25, -0.2) is 0 Å². The lowest BCUT2D eigenvalue weighted by Gasteiger charge is -2.31. The molecule has 0 spiro atoms. The van der Waals surface area contributed by atoms with Gasteiger partial charge in [-0.1, -0.05) is 20.3 Å². The van der Waals surface area contributed by atoms with Crippen molar-refractivity contribution in [2.24, 2.45) is 5.92 Å². The van der Waals surface area contributed by atoms with Gasteiger partial charge in [0.25, 0.3) is 0 Å². The molecule has 0 nitrogen and oxygen atoms in total. The average molecular weight is 241 g/mol. The predicted octanol–water partition coefficient (Wildman–Crippen LogP) is 4.14. The smallest absolute Gasteiger partial charge is 0.0386 e. The van der Waals surface area contributed by atoms with Gasteiger partial charge in [0, 0.05) is 16.7 Å². The van der Waals surface area contributed by atoms with Crippen molar-refractivity contribution in [3.8, 4) is 0 Å². The second-order valence-electron chi connectivity index (χ2n) is 4.01. The topological polar surface area (TPSA) is 0 Å². The average Bonchev–Trinajstić information content (AvgIpc) is 2.03. The summed E-state index contributed by atoms with van der Waals surface area (Å²) in [6, 6.07) is 0. The van der Waals surface area contributed by atoms with E-state index < -0.39 is 0 Å². The Balaban J connectivity index is 2.35. The van der Waals surface area contributed by atoms with Crippen molar-refractivity contribution >= 4 is 35.0 Å². The van der Waals surface area contributed by atoms with E-state index in [4.69, 9.17) is 23.2 Å². The Kier molecular flexibility index (Phi) is 5.28. The van der Waals surface area contributed by atoms with Gasteiger partial charge in [0.2, 0.25) is 0 Å². The van der Waals surface area contributed by atoms with Crippen LogP contribution < -0.4 is 0 Å². The maximum absolute atomic E-state index is 6.26. The summed E-state index contributed by atoms with van der Waals surface area (Å²) in [5, 5.41) is 1.31. The molecule has 0 N–H and O–H groups in total. The van der Waals surface area contributed by atoms with Crippen molar-refractivity contribution in [2.75, 3.05) is 5.75 Å². The van der Waals surface area contributed by atoms with E-state index in [1.54, 1.807) is 0 Å². The molecule has 0 bridgehead atoms. The van der Waals surface area contributed by atoms with Gasteiger partial charge in [0.15, 0.2) is 0 Å². The molecule has 2 unspecified atom stereocenters. The summed E-state index contributed by atoms with van der Waals surface area (Å²) in [5.74, 6) is 1.64. The molecule has 1 fully saturated rings. The summed E-state index contributed by atoms with van der Waals surface area (Å²) in [7, 11) is 0. The molecule has 0 amide bonds. The van der Waals surface area contributed by atoms with Crippen LogP contribution in [0.15, 0.2) is 0 Å². The van der Waals surface area contributed by atoms with Crippen LogP contribution >= 0.6 is 35.0 Å². The van der Waals surface area contributed by atoms with E-state index in [0.29, 0.717) is 21.9 Å². The molecule has 0 aromatic rings. The molecule has 78 valence electrons. The fourth-order valence-electron chi connectivity index (χ4n) is 1.67. The lowest BCUT2D eigenvalue weighted by Crippen LogP contribution is -2.31. The third-order valence-corrected chi connectivity index (χ3v) is 4.84. The van der Waals surface area contributed by atoms with E-state index in [2.05, 4.69) is 13.8 Å². The number of hydrogen-bond donors (Lipinski definition) is 0.